The van der Waals surface area contributed by atoms with Crippen molar-refractivity contribution in [2.45, 2.75) is 32.2 Å². The number of ether oxygens (including phenoxy) is 2. The number of hydrogen-bond acceptors (Lipinski definition) is 10. The van der Waals surface area contributed by atoms with E-state index >= 15 is 0 Å². The highest BCUT2D eigenvalue weighted by atomic mass is 19.4. The number of piperidine rings is 1. The first-order valence-corrected chi connectivity index (χ1v) is 11.4. The quantitative estimate of drug-likeness (QED) is 0.309. The molecule has 1 fully saturated rings. The maximum Gasteiger partial charge on any atom is 0.573 e. The van der Waals surface area contributed by atoms with E-state index in [1.165, 1.54) is 36.8 Å². The van der Waals surface area contributed by atoms with E-state index in [0.717, 1.165) is 12.1 Å². The normalized spacial score (nSPS) is 14.1. The van der Waals surface area contributed by atoms with Gasteiger partial charge in [0.05, 0.1) is 16.2 Å². The van der Waals surface area contributed by atoms with Crippen molar-refractivity contribution in [2.24, 2.45) is 0 Å². The van der Waals surface area contributed by atoms with Crippen LogP contribution >= 0.6 is 0 Å². The molecule has 1 aliphatic heterocycles. The molecule has 200 valence electrons. The number of hydrogen-bond donors (Lipinski definition) is 1. The topological polar surface area (TPSA) is 125 Å². The number of nitrogens with one attached hydrogen (secondary N) is 1. The zero-order chi connectivity index (χ0) is 27.3. The minimum absolute atomic E-state index is 0.0417. The molecule has 3 aromatic rings. The number of nitro groups is 1. The van der Waals surface area contributed by atoms with E-state index in [0.29, 0.717) is 48.8 Å². The van der Waals surface area contributed by atoms with Crippen LogP contribution < -0.4 is 24.7 Å². The van der Waals surface area contributed by atoms with Crippen LogP contribution in [0.2, 0.25) is 0 Å². The zero-order valence-corrected chi connectivity index (χ0v) is 20.1. The van der Waals surface area contributed by atoms with Gasteiger partial charge in [-0.3, -0.25) is 10.1 Å². The van der Waals surface area contributed by atoms with Crippen molar-refractivity contribution in [1.29, 1.82) is 0 Å². The Hall–Kier alpha value is -4.62. The molecule has 1 aliphatic rings. The van der Waals surface area contributed by atoms with Gasteiger partial charge in [-0.1, -0.05) is 6.58 Å². The fraction of sp³-hybridized carbons (Fsp3) is 0.292. The second-order valence-corrected chi connectivity index (χ2v) is 8.27. The summed E-state index contributed by atoms with van der Waals surface area (Å²) in [4.78, 5) is 30.7. The predicted molar refractivity (Wildman–Crippen MR) is 129 cm³/mol. The maximum absolute atomic E-state index is 12.3. The van der Waals surface area contributed by atoms with E-state index in [1.54, 1.807) is 6.92 Å². The molecular formula is C24H23F3N6O5. The molecule has 1 saturated heterocycles. The Kier molecular flexibility index (Phi) is 7.79. The molecule has 0 radical (unpaired) electrons. The molecule has 0 amide bonds. The Balaban J connectivity index is 1.32. The molecule has 0 aliphatic carbocycles. The third-order valence-corrected chi connectivity index (χ3v) is 5.68. The number of anilines is 1. The van der Waals surface area contributed by atoms with Crippen LogP contribution in [0.15, 0.2) is 55.5 Å². The van der Waals surface area contributed by atoms with Gasteiger partial charge >= 0.3 is 12.0 Å². The average Bonchev–Trinajstić information content (AvgIpc) is 2.89. The molecule has 1 aromatic carbocycles. The monoisotopic (exact) mass is 532 g/mol. The van der Waals surface area contributed by atoms with E-state index in [9.17, 15) is 23.3 Å². The Morgan fingerprint density at radius 3 is 2.47 bits per heavy atom. The van der Waals surface area contributed by atoms with Gasteiger partial charge in [-0.2, -0.15) is 4.98 Å². The average molecular weight is 532 g/mol. The molecule has 0 atom stereocenters. The van der Waals surface area contributed by atoms with Crippen molar-refractivity contribution < 1.29 is 32.4 Å². The summed E-state index contributed by atoms with van der Waals surface area (Å²) < 4.78 is 46.9. The Morgan fingerprint density at radius 2 is 1.82 bits per heavy atom. The van der Waals surface area contributed by atoms with Crippen LogP contribution in [0.3, 0.4) is 0 Å². The van der Waals surface area contributed by atoms with Gasteiger partial charge in [0.1, 0.15) is 18.2 Å². The van der Waals surface area contributed by atoms with Crippen LogP contribution in [-0.2, 0) is 0 Å². The third-order valence-electron chi connectivity index (χ3n) is 5.68. The minimum atomic E-state index is -4.78. The van der Waals surface area contributed by atoms with Gasteiger partial charge in [-0.15, -0.1) is 13.2 Å². The SMILES string of the molecule is C=C(NOc1ncnc(OC2CCN(c3ncccc3[N+](=O)[O-])CC2)c1C)c1ccc(OC(F)(F)F)cc1. The summed E-state index contributed by atoms with van der Waals surface area (Å²) in [5, 5.41) is 11.3. The summed E-state index contributed by atoms with van der Waals surface area (Å²) in [5.41, 5.74) is 3.85. The highest BCUT2D eigenvalue weighted by Gasteiger charge is 2.31. The van der Waals surface area contributed by atoms with E-state index < -0.39 is 11.3 Å². The van der Waals surface area contributed by atoms with E-state index in [4.69, 9.17) is 9.57 Å². The molecule has 0 bridgehead atoms. The first-order valence-electron chi connectivity index (χ1n) is 11.4. The number of hydroxylamine groups is 1. The summed E-state index contributed by atoms with van der Waals surface area (Å²) in [7, 11) is 0. The molecule has 38 heavy (non-hydrogen) atoms. The van der Waals surface area contributed by atoms with Crippen molar-refractivity contribution >= 4 is 17.2 Å². The fourth-order valence-electron chi connectivity index (χ4n) is 3.79. The van der Waals surface area contributed by atoms with Crippen LogP contribution in [0.1, 0.15) is 24.0 Å². The Morgan fingerprint density at radius 1 is 1.13 bits per heavy atom. The van der Waals surface area contributed by atoms with E-state index in [2.05, 4.69) is 31.7 Å². The smallest absolute Gasteiger partial charge is 0.474 e. The van der Waals surface area contributed by atoms with Gasteiger partial charge in [-0.05, 0) is 37.3 Å². The second kappa shape index (κ2) is 11.2. The molecule has 0 saturated carbocycles. The molecule has 11 nitrogen and oxygen atoms in total. The van der Waals surface area contributed by atoms with Crippen LogP contribution in [0.5, 0.6) is 17.5 Å². The number of aromatic nitrogens is 3. The summed E-state index contributed by atoms with van der Waals surface area (Å²) in [6.45, 7) is 6.56. The molecule has 2 aromatic heterocycles. The number of alkyl halides is 3. The molecule has 0 unspecified atom stereocenters. The lowest BCUT2D eigenvalue weighted by Gasteiger charge is -2.32. The first kappa shape index (κ1) is 26.4. The van der Waals surface area contributed by atoms with E-state index in [-0.39, 0.29) is 29.1 Å². The van der Waals surface area contributed by atoms with Crippen molar-refractivity contribution in [2.75, 3.05) is 18.0 Å². The van der Waals surface area contributed by atoms with Gasteiger partial charge in [0.15, 0.2) is 0 Å². The van der Waals surface area contributed by atoms with Crippen molar-refractivity contribution in [1.82, 2.24) is 20.4 Å². The number of rotatable bonds is 9. The predicted octanol–water partition coefficient (Wildman–Crippen LogP) is 4.59. The maximum atomic E-state index is 12.3. The molecule has 14 heteroatoms. The van der Waals surface area contributed by atoms with Gasteiger partial charge in [0.2, 0.25) is 11.7 Å². The molecule has 4 rings (SSSR count). The lowest BCUT2D eigenvalue weighted by molar-refractivity contribution is -0.384. The third kappa shape index (κ3) is 6.57. The molecule has 0 spiro atoms. The second-order valence-electron chi connectivity index (χ2n) is 8.27. The van der Waals surface area contributed by atoms with E-state index in [1.807, 2.05) is 4.90 Å². The van der Waals surface area contributed by atoms with Crippen LogP contribution in [0.25, 0.3) is 5.70 Å². The van der Waals surface area contributed by atoms with Crippen LogP contribution in [0.4, 0.5) is 24.7 Å². The molecular weight excluding hydrogens is 509 g/mol. The highest BCUT2D eigenvalue weighted by molar-refractivity contribution is 5.61. The highest BCUT2D eigenvalue weighted by Crippen LogP contribution is 2.30. The van der Waals surface area contributed by atoms with Gasteiger partial charge < -0.3 is 19.2 Å². The van der Waals surface area contributed by atoms with Crippen LogP contribution in [-0.4, -0.2) is 45.4 Å². The molecule has 3 heterocycles. The largest absolute Gasteiger partial charge is 0.573 e. The van der Waals surface area contributed by atoms with Crippen molar-refractivity contribution in [3.05, 3.63) is 76.7 Å². The standard InChI is InChI=1S/C24H23F3N6O5/c1-15-22(36-18-9-12-32(13-10-18)21-20(33(34)35)4-3-11-28-21)29-14-30-23(15)38-31-16(2)17-5-7-19(8-6-17)37-24(25,26)27/h3-8,11,14,18,31H,2,9-10,12-13H2,1H3. The number of pyridine rings is 1. The van der Waals surface area contributed by atoms with Gasteiger partial charge in [0, 0.05) is 43.8 Å². The summed E-state index contributed by atoms with van der Waals surface area (Å²) in [5.74, 6) is 0.471. The minimum Gasteiger partial charge on any atom is -0.474 e. The Labute approximate surface area is 215 Å². The lowest BCUT2D eigenvalue weighted by Crippen LogP contribution is -2.39. The number of halogens is 3. The van der Waals surface area contributed by atoms with Crippen molar-refractivity contribution in [3.63, 3.8) is 0 Å². The number of benzene rings is 1. The summed E-state index contributed by atoms with van der Waals surface area (Å²) >= 11 is 0. The van der Waals surface area contributed by atoms with Crippen LogP contribution in [0, 0.1) is 17.0 Å². The summed E-state index contributed by atoms with van der Waals surface area (Å²) in [6.07, 6.45) is -0.974. The Bertz CT molecular complexity index is 1300. The lowest BCUT2D eigenvalue weighted by atomic mass is 10.1. The van der Waals surface area contributed by atoms with Gasteiger partial charge in [-0.25, -0.2) is 15.4 Å². The zero-order valence-electron chi connectivity index (χ0n) is 20.1. The first-order chi connectivity index (χ1) is 18.1. The molecule has 1 N–H and O–H groups in total. The van der Waals surface area contributed by atoms with Gasteiger partial charge in [0.25, 0.3) is 5.88 Å². The summed E-state index contributed by atoms with van der Waals surface area (Å²) in [6, 6.07) is 8.07. The van der Waals surface area contributed by atoms with Crippen molar-refractivity contribution in [3.8, 4) is 17.5 Å². The number of nitrogens with zero attached hydrogens (tertiary/aromatic N) is 5. The fourth-order valence-corrected chi connectivity index (χ4v) is 3.79.